The van der Waals surface area contributed by atoms with E-state index in [4.69, 9.17) is 16.3 Å². The Labute approximate surface area is 142 Å². The summed E-state index contributed by atoms with van der Waals surface area (Å²) >= 11 is 6.03. The van der Waals surface area contributed by atoms with E-state index >= 15 is 0 Å². The van der Waals surface area contributed by atoms with Crippen LogP contribution in [0.5, 0.6) is 0 Å². The number of carbonyl (C=O) groups is 1. The van der Waals surface area contributed by atoms with Gasteiger partial charge in [0.1, 0.15) is 17.1 Å². The van der Waals surface area contributed by atoms with E-state index in [1.807, 2.05) is 16.5 Å². The number of hydrogen-bond acceptors (Lipinski definition) is 4. The molecule has 1 unspecified atom stereocenters. The molecule has 0 saturated carbocycles. The van der Waals surface area contributed by atoms with Crippen molar-refractivity contribution < 1.29 is 9.53 Å². The Morgan fingerprint density at radius 1 is 1.48 bits per heavy atom. The maximum atomic E-state index is 12.4. The number of ether oxygens (including phenoxy) is 1. The van der Waals surface area contributed by atoms with Crippen LogP contribution in [-0.2, 0) is 23.1 Å². The minimum Gasteiger partial charge on any atom is -0.365 e. The third-order valence-electron chi connectivity index (χ3n) is 4.10. The summed E-state index contributed by atoms with van der Waals surface area (Å²) in [6.45, 7) is 9.77. The zero-order valence-corrected chi connectivity index (χ0v) is 14.6. The monoisotopic (exact) mass is 340 g/mol. The van der Waals surface area contributed by atoms with Gasteiger partial charge in [0.05, 0.1) is 19.3 Å². The predicted molar refractivity (Wildman–Crippen MR) is 90.3 cm³/mol. The molecule has 0 bridgehead atoms. The lowest BCUT2D eigenvalue weighted by atomic mass is 10.3. The summed E-state index contributed by atoms with van der Waals surface area (Å²) in [5.41, 5.74) is 0. The third-order valence-corrected chi connectivity index (χ3v) is 4.46. The first-order valence-corrected chi connectivity index (χ1v) is 8.30. The van der Waals surface area contributed by atoms with E-state index < -0.39 is 6.10 Å². The molecule has 1 atom stereocenters. The highest BCUT2D eigenvalue weighted by Gasteiger charge is 2.24. The van der Waals surface area contributed by atoms with Crippen LogP contribution in [0.4, 0.5) is 0 Å². The van der Waals surface area contributed by atoms with Gasteiger partial charge >= 0.3 is 0 Å². The van der Waals surface area contributed by atoms with Gasteiger partial charge < -0.3 is 14.2 Å². The van der Waals surface area contributed by atoms with Gasteiger partial charge in [0.2, 0.25) is 0 Å². The van der Waals surface area contributed by atoms with Gasteiger partial charge in [-0.05, 0) is 13.3 Å². The van der Waals surface area contributed by atoms with Crippen LogP contribution in [0.15, 0.2) is 18.9 Å². The molecule has 1 aliphatic heterocycles. The SMILES string of the molecule is C=CCOC(C)C(=O)N1CCCN(Cc2ncc(Cl)n2C)CC1. The molecule has 1 aliphatic rings. The number of imidazole rings is 1. The summed E-state index contributed by atoms with van der Waals surface area (Å²) in [5, 5.41) is 0.639. The molecule has 6 nitrogen and oxygen atoms in total. The van der Waals surface area contributed by atoms with Crippen molar-refractivity contribution in [1.82, 2.24) is 19.4 Å². The van der Waals surface area contributed by atoms with Crippen LogP contribution in [0.25, 0.3) is 0 Å². The molecule has 1 amide bonds. The van der Waals surface area contributed by atoms with Crippen LogP contribution in [-0.4, -0.2) is 64.1 Å². The van der Waals surface area contributed by atoms with Crippen LogP contribution in [0.1, 0.15) is 19.2 Å². The average molecular weight is 341 g/mol. The van der Waals surface area contributed by atoms with Crippen molar-refractivity contribution in [2.24, 2.45) is 7.05 Å². The molecule has 1 aromatic rings. The molecule has 0 aromatic carbocycles. The summed E-state index contributed by atoms with van der Waals surface area (Å²) in [6.07, 6.45) is 3.85. The lowest BCUT2D eigenvalue weighted by molar-refractivity contribution is -0.141. The molecule has 1 aromatic heterocycles. The molecule has 2 rings (SSSR count). The van der Waals surface area contributed by atoms with Gasteiger partial charge in [-0.25, -0.2) is 4.98 Å². The zero-order valence-electron chi connectivity index (χ0n) is 13.9. The van der Waals surface area contributed by atoms with Crippen LogP contribution in [0, 0.1) is 0 Å². The van der Waals surface area contributed by atoms with Crippen molar-refractivity contribution in [1.29, 1.82) is 0 Å². The first-order valence-electron chi connectivity index (χ1n) is 7.92. The molecule has 23 heavy (non-hydrogen) atoms. The second kappa shape index (κ2) is 8.47. The van der Waals surface area contributed by atoms with E-state index in [2.05, 4.69) is 16.5 Å². The van der Waals surface area contributed by atoms with Gasteiger partial charge in [-0.1, -0.05) is 17.7 Å². The summed E-state index contributed by atoms with van der Waals surface area (Å²) in [4.78, 5) is 20.9. The van der Waals surface area contributed by atoms with Crippen LogP contribution >= 0.6 is 11.6 Å². The molecular formula is C16H25ClN4O2. The Morgan fingerprint density at radius 2 is 2.26 bits per heavy atom. The fourth-order valence-electron chi connectivity index (χ4n) is 2.66. The Morgan fingerprint density at radius 3 is 2.91 bits per heavy atom. The predicted octanol–water partition coefficient (Wildman–Crippen LogP) is 1.70. The van der Waals surface area contributed by atoms with Crippen molar-refractivity contribution in [2.75, 3.05) is 32.8 Å². The van der Waals surface area contributed by atoms with Gasteiger partial charge in [-0.2, -0.15) is 0 Å². The number of rotatable bonds is 6. The maximum absolute atomic E-state index is 12.4. The number of hydrogen-bond donors (Lipinski definition) is 0. The topological polar surface area (TPSA) is 50.6 Å². The smallest absolute Gasteiger partial charge is 0.251 e. The maximum Gasteiger partial charge on any atom is 0.251 e. The van der Waals surface area contributed by atoms with E-state index in [1.165, 1.54) is 0 Å². The summed E-state index contributed by atoms with van der Waals surface area (Å²) in [7, 11) is 1.91. The van der Waals surface area contributed by atoms with Crippen molar-refractivity contribution in [3.63, 3.8) is 0 Å². The molecule has 0 N–H and O–H groups in total. The van der Waals surface area contributed by atoms with Crippen LogP contribution in [0.2, 0.25) is 5.15 Å². The molecule has 0 aliphatic carbocycles. The molecule has 2 heterocycles. The van der Waals surface area contributed by atoms with Crippen molar-refractivity contribution in [3.8, 4) is 0 Å². The van der Waals surface area contributed by atoms with Gasteiger partial charge in [0, 0.05) is 33.2 Å². The molecule has 0 spiro atoms. The Balaban J connectivity index is 1.88. The standard InChI is InChI=1S/C16H25ClN4O2/c1-4-10-23-13(2)16(22)21-7-5-6-20(8-9-21)12-15-18-11-14(17)19(15)3/h4,11,13H,1,5-10,12H2,2-3H3. The van der Waals surface area contributed by atoms with Crippen molar-refractivity contribution in [3.05, 3.63) is 29.8 Å². The molecule has 128 valence electrons. The van der Waals surface area contributed by atoms with E-state index in [0.717, 1.165) is 38.4 Å². The normalized spacial score (nSPS) is 17.8. The Hall–Kier alpha value is -1.37. The number of carbonyl (C=O) groups excluding carboxylic acids is 1. The van der Waals surface area contributed by atoms with E-state index in [9.17, 15) is 4.79 Å². The summed E-state index contributed by atoms with van der Waals surface area (Å²) in [6, 6.07) is 0. The average Bonchev–Trinajstić information content (AvgIpc) is 2.76. The zero-order chi connectivity index (χ0) is 16.8. The highest BCUT2D eigenvalue weighted by Crippen LogP contribution is 2.13. The lowest BCUT2D eigenvalue weighted by Crippen LogP contribution is -2.41. The Bertz CT molecular complexity index is 546. The number of halogens is 1. The lowest BCUT2D eigenvalue weighted by Gasteiger charge is -2.24. The highest BCUT2D eigenvalue weighted by atomic mass is 35.5. The van der Waals surface area contributed by atoms with E-state index in [-0.39, 0.29) is 5.91 Å². The van der Waals surface area contributed by atoms with E-state index in [0.29, 0.717) is 18.3 Å². The number of amides is 1. The van der Waals surface area contributed by atoms with Crippen molar-refractivity contribution in [2.45, 2.75) is 26.0 Å². The third kappa shape index (κ3) is 4.80. The second-order valence-electron chi connectivity index (χ2n) is 5.78. The summed E-state index contributed by atoms with van der Waals surface area (Å²) in [5.74, 6) is 0.992. The van der Waals surface area contributed by atoms with Gasteiger partial charge in [0.25, 0.3) is 5.91 Å². The van der Waals surface area contributed by atoms with E-state index in [1.54, 1.807) is 19.2 Å². The highest BCUT2D eigenvalue weighted by molar-refractivity contribution is 6.29. The molecular weight excluding hydrogens is 316 g/mol. The second-order valence-corrected chi connectivity index (χ2v) is 6.16. The van der Waals surface area contributed by atoms with Crippen molar-refractivity contribution >= 4 is 17.5 Å². The molecule has 0 radical (unpaired) electrons. The molecule has 1 saturated heterocycles. The molecule has 7 heteroatoms. The van der Waals surface area contributed by atoms with Gasteiger partial charge in [-0.3, -0.25) is 9.69 Å². The van der Waals surface area contributed by atoms with Crippen LogP contribution < -0.4 is 0 Å². The fourth-order valence-corrected chi connectivity index (χ4v) is 2.81. The van der Waals surface area contributed by atoms with Gasteiger partial charge in [0.15, 0.2) is 0 Å². The quantitative estimate of drug-likeness (QED) is 0.740. The minimum absolute atomic E-state index is 0.0498. The number of nitrogens with zero attached hydrogens (tertiary/aromatic N) is 4. The first kappa shape index (κ1) is 18.0. The molecule has 1 fully saturated rings. The number of aromatic nitrogens is 2. The largest absolute Gasteiger partial charge is 0.365 e. The Kier molecular flexibility index (Phi) is 6.62. The van der Waals surface area contributed by atoms with Crippen LogP contribution in [0.3, 0.4) is 0 Å². The van der Waals surface area contributed by atoms with Gasteiger partial charge in [-0.15, -0.1) is 6.58 Å². The fraction of sp³-hybridized carbons (Fsp3) is 0.625. The minimum atomic E-state index is -0.423. The first-order chi connectivity index (χ1) is 11.0. The summed E-state index contributed by atoms with van der Waals surface area (Å²) < 4.78 is 7.33.